The smallest absolute Gasteiger partial charge is 0.0721 e. The Hall–Kier alpha value is -6.51. The predicted octanol–water partition coefficient (Wildman–Crippen LogP) is 12.6. The normalized spacial score (nSPS) is 11.7. The van der Waals surface area contributed by atoms with Crippen molar-refractivity contribution in [2.75, 3.05) is 0 Å². The van der Waals surface area contributed by atoms with Gasteiger partial charge in [-0.15, -0.1) is 0 Å². The van der Waals surface area contributed by atoms with E-state index in [1.807, 2.05) is 0 Å². The molecule has 10 rings (SSSR count). The lowest BCUT2D eigenvalue weighted by atomic mass is 9.96. The molecule has 0 aliphatic carbocycles. The van der Waals surface area contributed by atoms with Gasteiger partial charge in [0, 0.05) is 27.3 Å². The van der Waals surface area contributed by atoms with Crippen LogP contribution in [0.2, 0.25) is 0 Å². The molecular formula is C47H30N2. The summed E-state index contributed by atoms with van der Waals surface area (Å²) in [7, 11) is 0. The van der Waals surface area contributed by atoms with E-state index in [4.69, 9.17) is 4.98 Å². The molecule has 0 saturated heterocycles. The van der Waals surface area contributed by atoms with Gasteiger partial charge in [0.1, 0.15) is 0 Å². The largest absolute Gasteiger partial charge is 0.309 e. The second kappa shape index (κ2) is 11.0. The first-order valence-electron chi connectivity index (χ1n) is 16.8. The van der Waals surface area contributed by atoms with E-state index in [2.05, 4.69) is 187 Å². The monoisotopic (exact) mass is 622 g/mol. The van der Waals surface area contributed by atoms with Gasteiger partial charge in [-0.2, -0.15) is 0 Å². The van der Waals surface area contributed by atoms with Crippen molar-refractivity contribution in [1.82, 2.24) is 9.55 Å². The second-order valence-corrected chi connectivity index (χ2v) is 12.7. The van der Waals surface area contributed by atoms with Gasteiger partial charge in [-0.25, -0.2) is 4.98 Å². The van der Waals surface area contributed by atoms with Crippen LogP contribution in [-0.4, -0.2) is 9.55 Å². The highest BCUT2D eigenvalue weighted by Crippen LogP contribution is 2.42. The van der Waals surface area contributed by atoms with Gasteiger partial charge in [0.05, 0.1) is 28.1 Å². The number of nitrogens with zero attached hydrogens (tertiary/aromatic N) is 2. The highest BCUT2D eigenvalue weighted by atomic mass is 15.0. The van der Waals surface area contributed by atoms with E-state index in [1.165, 1.54) is 59.7 Å². The molecule has 228 valence electrons. The molecule has 2 nitrogen and oxygen atoms in total. The summed E-state index contributed by atoms with van der Waals surface area (Å²) in [6.07, 6.45) is 0. The Kier molecular flexibility index (Phi) is 6.22. The van der Waals surface area contributed by atoms with E-state index in [9.17, 15) is 0 Å². The molecule has 0 atom stereocenters. The number of aromatic nitrogens is 2. The van der Waals surface area contributed by atoms with Crippen molar-refractivity contribution in [3.63, 3.8) is 0 Å². The van der Waals surface area contributed by atoms with Gasteiger partial charge in [0.25, 0.3) is 0 Å². The molecule has 0 fully saturated rings. The summed E-state index contributed by atoms with van der Waals surface area (Å²) in [6, 6.07) is 65.5. The van der Waals surface area contributed by atoms with Crippen LogP contribution in [0.15, 0.2) is 182 Å². The molecule has 0 N–H and O–H groups in total. The number of pyridine rings is 1. The molecule has 0 unspecified atom stereocenters. The van der Waals surface area contributed by atoms with Crippen molar-refractivity contribution in [1.29, 1.82) is 0 Å². The van der Waals surface area contributed by atoms with Crippen molar-refractivity contribution >= 4 is 54.1 Å². The van der Waals surface area contributed by atoms with E-state index in [-0.39, 0.29) is 0 Å². The van der Waals surface area contributed by atoms with Gasteiger partial charge in [-0.1, -0.05) is 152 Å². The van der Waals surface area contributed by atoms with E-state index in [0.29, 0.717) is 0 Å². The first kappa shape index (κ1) is 27.6. The van der Waals surface area contributed by atoms with Crippen LogP contribution in [0.5, 0.6) is 0 Å². The van der Waals surface area contributed by atoms with Crippen LogP contribution in [0.1, 0.15) is 0 Å². The van der Waals surface area contributed by atoms with Crippen LogP contribution >= 0.6 is 0 Å². The first-order chi connectivity index (χ1) is 24.3. The molecule has 49 heavy (non-hydrogen) atoms. The third-order valence-electron chi connectivity index (χ3n) is 9.96. The average Bonchev–Trinajstić information content (AvgIpc) is 3.53. The zero-order valence-electron chi connectivity index (χ0n) is 26.7. The van der Waals surface area contributed by atoms with E-state index >= 15 is 0 Å². The van der Waals surface area contributed by atoms with Gasteiger partial charge in [0.15, 0.2) is 0 Å². The zero-order chi connectivity index (χ0) is 32.3. The Bertz CT molecular complexity index is 2710. The minimum Gasteiger partial charge on any atom is -0.309 e. The van der Waals surface area contributed by atoms with E-state index in [1.54, 1.807) is 0 Å². The van der Waals surface area contributed by atoms with Crippen molar-refractivity contribution in [3.8, 4) is 39.3 Å². The lowest BCUT2D eigenvalue weighted by Crippen LogP contribution is -1.97. The standard InChI is InChI=1S/C47H30N2/c1-3-13-31(14-4-1)35-29-41(34-17-5-2-6-18-34)48-42(30-35)39-22-11-23-40-38(39)21-12-24-43(40)49-44-27-25-32-15-7-9-19-36(32)46(44)47-37-20-10-8-16-33(37)26-28-45(47)49/h1-30H. The van der Waals surface area contributed by atoms with Gasteiger partial charge < -0.3 is 4.57 Å². The summed E-state index contributed by atoms with van der Waals surface area (Å²) in [6.45, 7) is 0. The fraction of sp³-hybridized carbons (Fsp3) is 0. The average molecular weight is 623 g/mol. The van der Waals surface area contributed by atoms with E-state index < -0.39 is 0 Å². The molecule has 8 aromatic carbocycles. The number of hydrogen-bond donors (Lipinski definition) is 0. The van der Waals surface area contributed by atoms with Crippen molar-refractivity contribution in [2.24, 2.45) is 0 Å². The van der Waals surface area contributed by atoms with Crippen molar-refractivity contribution in [3.05, 3.63) is 182 Å². The molecule has 2 aromatic heterocycles. The lowest BCUT2D eigenvalue weighted by molar-refractivity contribution is 1.20. The summed E-state index contributed by atoms with van der Waals surface area (Å²) < 4.78 is 2.47. The Morgan fingerprint density at radius 2 is 0.878 bits per heavy atom. The van der Waals surface area contributed by atoms with Gasteiger partial charge in [0.2, 0.25) is 0 Å². The molecule has 10 aromatic rings. The minimum absolute atomic E-state index is 0.960. The summed E-state index contributed by atoms with van der Waals surface area (Å²) in [4.78, 5) is 5.30. The molecule has 0 spiro atoms. The van der Waals surface area contributed by atoms with Crippen LogP contribution in [0.4, 0.5) is 0 Å². The Morgan fingerprint density at radius 3 is 1.55 bits per heavy atom. The van der Waals surface area contributed by atoms with Crippen molar-refractivity contribution in [2.45, 2.75) is 0 Å². The number of fused-ring (bicyclic) bond motifs is 8. The van der Waals surface area contributed by atoms with Gasteiger partial charge in [-0.05, 0) is 68.4 Å². The summed E-state index contributed by atoms with van der Waals surface area (Å²) in [5.74, 6) is 0. The maximum absolute atomic E-state index is 5.30. The number of hydrogen-bond acceptors (Lipinski definition) is 1. The van der Waals surface area contributed by atoms with Crippen LogP contribution in [0.3, 0.4) is 0 Å². The lowest BCUT2D eigenvalue weighted by Gasteiger charge is -2.15. The predicted molar refractivity (Wildman–Crippen MR) is 207 cm³/mol. The van der Waals surface area contributed by atoms with Crippen molar-refractivity contribution < 1.29 is 0 Å². The molecule has 0 radical (unpaired) electrons. The molecular weight excluding hydrogens is 593 g/mol. The van der Waals surface area contributed by atoms with Crippen LogP contribution in [-0.2, 0) is 0 Å². The Labute approximate surface area is 284 Å². The fourth-order valence-electron chi connectivity index (χ4n) is 7.74. The van der Waals surface area contributed by atoms with Crippen LogP contribution in [0, 0.1) is 0 Å². The fourth-order valence-corrected chi connectivity index (χ4v) is 7.74. The summed E-state index contributed by atoms with van der Waals surface area (Å²) in [5, 5.41) is 10.0. The topological polar surface area (TPSA) is 17.8 Å². The SMILES string of the molecule is c1ccc(-c2cc(-c3ccccc3)nc(-c3cccc4c(-n5c6ccc7ccccc7c6c6c7ccccc7ccc65)cccc34)c2)cc1. The quantitative estimate of drug-likeness (QED) is 0.191. The minimum atomic E-state index is 0.960. The van der Waals surface area contributed by atoms with E-state index in [0.717, 1.165) is 33.8 Å². The highest BCUT2D eigenvalue weighted by molar-refractivity contribution is 6.28. The second-order valence-electron chi connectivity index (χ2n) is 12.7. The molecule has 0 aliphatic heterocycles. The molecule has 0 saturated carbocycles. The molecule has 2 heteroatoms. The Morgan fingerprint density at radius 1 is 0.347 bits per heavy atom. The summed E-state index contributed by atoms with van der Waals surface area (Å²) in [5.41, 5.74) is 10.0. The zero-order valence-corrected chi connectivity index (χ0v) is 26.7. The maximum atomic E-state index is 5.30. The van der Waals surface area contributed by atoms with Gasteiger partial charge >= 0.3 is 0 Å². The third kappa shape index (κ3) is 4.38. The number of benzene rings is 8. The van der Waals surface area contributed by atoms with Crippen LogP contribution < -0.4 is 0 Å². The van der Waals surface area contributed by atoms with Gasteiger partial charge in [-0.3, -0.25) is 0 Å². The third-order valence-corrected chi connectivity index (χ3v) is 9.96. The number of rotatable bonds is 4. The van der Waals surface area contributed by atoms with Crippen LogP contribution in [0.25, 0.3) is 93.5 Å². The molecule has 0 aliphatic rings. The Balaban J connectivity index is 1.27. The molecule has 2 heterocycles. The molecule has 0 amide bonds. The summed E-state index contributed by atoms with van der Waals surface area (Å²) >= 11 is 0. The molecule has 0 bridgehead atoms. The maximum Gasteiger partial charge on any atom is 0.0721 e. The highest BCUT2D eigenvalue weighted by Gasteiger charge is 2.19. The first-order valence-corrected chi connectivity index (χ1v) is 16.8.